The monoisotopic (exact) mass is 458 g/mol. The summed E-state index contributed by atoms with van der Waals surface area (Å²) in [4.78, 5) is 0. The molecule has 0 saturated heterocycles. The molecule has 1 aromatic heterocycles. The summed E-state index contributed by atoms with van der Waals surface area (Å²) < 4.78 is 50.6. The fourth-order valence-corrected chi connectivity index (χ4v) is 4.69. The molecule has 4 aromatic carbocycles. The highest BCUT2D eigenvalue weighted by molar-refractivity contribution is 5.96. The van der Waals surface area contributed by atoms with Crippen LogP contribution in [0, 0.1) is 32.5 Å². The van der Waals surface area contributed by atoms with Crippen LogP contribution in [0.15, 0.2) is 91.3 Å². The molecule has 1 heterocycles. The predicted octanol–water partition coefficient (Wildman–Crippen LogP) is 7.96. The minimum absolute atomic E-state index is 0.228. The molecule has 5 rings (SSSR count). The van der Waals surface area contributed by atoms with Crippen LogP contribution in [0.1, 0.15) is 37.4 Å². The molecule has 35 heavy (non-hydrogen) atoms. The van der Waals surface area contributed by atoms with Crippen LogP contribution in [0.3, 0.4) is 0 Å². The molecule has 0 atom stereocenters. The molecule has 0 N–H and O–H groups in total. The fourth-order valence-electron chi connectivity index (χ4n) is 4.69. The zero-order chi connectivity index (χ0) is 29.5. The SMILES string of the molecule is [2H]C([2H])([2H])c1cc(C#CC)cc(-c2cc(C)cc(-c3cc(-c4c[n+](C)cc5ccccc45)cc(C([2H])([2H])[2H])c3)c2)c1. The Morgan fingerprint density at radius 3 is 2.00 bits per heavy atom. The van der Waals surface area contributed by atoms with E-state index in [2.05, 4.69) is 11.8 Å². The van der Waals surface area contributed by atoms with Crippen molar-refractivity contribution in [2.24, 2.45) is 7.05 Å². The average Bonchev–Trinajstić information content (AvgIpc) is 2.91. The maximum Gasteiger partial charge on any atom is 0.177 e. The Morgan fingerprint density at radius 1 is 0.686 bits per heavy atom. The van der Waals surface area contributed by atoms with E-state index in [4.69, 9.17) is 8.22 Å². The lowest BCUT2D eigenvalue weighted by Crippen LogP contribution is -2.26. The molecule has 0 radical (unpaired) electrons. The van der Waals surface area contributed by atoms with Crippen molar-refractivity contribution < 1.29 is 12.8 Å². The van der Waals surface area contributed by atoms with E-state index in [1.54, 1.807) is 31.2 Å². The van der Waals surface area contributed by atoms with E-state index in [0.29, 0.717) is 5.56 Å². The number of nitrogens with zero attached hydrogens (tertiary/aromatic N) is 1. The maximum atomic E-state index is 8.22. The van der Waals surface area contributed by atoms with Crippen LogP contribution >= 0.6 is 0 Å². The van der Waals surface area contributed by atoms with Gasteiger partial charge in [0.15, 0.2) is 12.4 Å². The summed E-state index contributed by atoms with van der Waals surface area (Å²) in [5.74, 6) is 5.86. The van der Waals surface area contributed by atoms with Gasteiger partial charge in [0.2, 0.25) is 0 Å². The molecule has 1 heteroatoms. The Hall–Kier alpha value is -4.15. The third kappa shape index (κ3) is 4.75. The zero-order valence-electron chi connectivity index (χ0n) is 26.1. The van der Waals surface area contributed by atoms with Gasteiger partial charge in [-0.1, -0.05) is 54.5 Å². The molecule has 0 aliphatic rings. The summed E-state index contributed by atoms with van der Waals surface area (Å²) in [5.41, 5.74) is 7.05. The average molecular weight is 459 g/mol. The van der Waals surface area contributed by atoms with Crippen LogP contribution in [0.2, 0.25) is 0 Å². The van der Waals surface area contributed by atoms with Crippen molar-refractivity contribution in [3.8, 4) is 45.2 Å². The second kappa shape index (κ2) is 9.24. The zero-order valence-corrected chi connectivity index (χ0v) is 20.1. The summed E-state index contributed by atoms with van der Waals surface area (Å²) in [7, 11) is 1.96. The lowest BCUT2D eigenvalue weighted by atomic mass is 9.91. The highest BCUT2D eigenvalue weighted by Gasteiger charge is 2.13. The predicted molar refractivity (Wildman–Crippen MR) is 148 cm³/mol. The number of hydrogen-bond donors (Lipinski definition) is 0. The van der Waals surface area contributed by atoms with Crippen molar-refractivity contribution in [3.63, 3.8) is 0 Å². The van der Waals surface area contributed by atoms with Crippen LogP contribution in [-0.4, -0.2) is 0 Å². The molecule has 0 aliphatic carbocycles. The Bertz CT molecular complexity index is 1850. The van der Waals surface area contributed by atoms with Gasteiger partial charge >= 0.3 is 0 Å². The normalized spacial score (nSPS) is 14.0. The lowest BCUT2D eigenvalue weighted by Gasteiger charge is -2.13. The molecule has 0 aliphatic heterocycles. The van der Waals surface area contributed by atoms with Crippen LogP contribution in [-0.2, 0) is 7.05 Å². The highest BCUT2D eigenvalue weighted by atomic mass is 14.9. The van der Waals surface area contributed by atoms with E-state index >= 15 is 0 Å². The molecule has 0 unspecified atom stereocenters. The van der Waals surface area contributed by atoms with Gasteiger partial charge in [-0.25, -0.2) is 4.57 Å². The summed E-state index contributed by atoms with van der Waals surface area (Å²) >= 11 is 0. The molecule has 5 aromatic rings. The van der Waals surface area contributed by atoms with Gasteiger partial charge in [0, 0.05) is 24.6 Å². The topological polar surface area (TPSA) is 3.88 Å². The van der Waals surface area contributed by atoms with Gasteiger partial charge in [0.05, 0.1) is 5.56 Å². The number of benzene rings is 4. The first-order valence-corrected chi connectivity index (χ1v) is 11.6. The van der Waals surface area contributed by atoms with Gasteiger partial charge in [0.1, 0.15) is 7.05 Å². The minimum Gasteiger partial charge on any atom is -0.207 e. The van der Waals surface area contributed by atoms with Gasteiger partial charge in [-0.15, -0.1) is 5.92 Å². The minimum atomic E-state index is -2.30. The standard InChI is InChI=1S/C34H30N/c1-6-9-26-12-23(2)13-28(18-26)29-14-24(3)15-30(19-29)31-16-25(4)17-32(20-31)34-22-35(5)21-27-10-7-8-11-33(27)34/h7-8,10-22H,1-5H3/q+1/i2D3,4D3. The van der Waals surface area contributed by atoms with Gasteiger partial charge in [0.25, 0.3) is 0 Å². The van der Waals surface area contributed by atoms with Crippen molar-refractivity contribution in [1.82, 2.24) is 0 Å². The lowest BCUT2D eigenvalue weighted by molar-refractivity contribution is -0.669. The quantitative estimate of drug-likeness (QED) is 0.191. The van der Waals surface area contributed by atoms with E-state index in [-0.39, 0.29) is 11.1 Å². The summed E-state index contributed by atoms with van der Waals surface area (Å²) in [6, 6.07) is 24.8. The number of aromatic nitrogens is 1. The highest BCUT2D eigenvalue weighted by Crippen LogP contribution is 2.34. The number of hydrogen-bond acceptors (Lipinski definition) is 0. The van der Waals surface area contributed by atoms with Crippen LogP contribution in [0.5, 0.6) is 0 Å². The van der Waals surface area contributed by atoms with Crippen molar-refractivity contribution in [3.05, 3.63) is 114 Å². The first-order chi connectivity index (χ1) is 19.3. The van der Waals surface area contributed by atoms with E-state index in [1.165, 1.54) is 0 Å². The van der Waals surface area contributed by atoms with Crippen LogP contribution in [0.4, 0.5) is 0 Å². The van der Waals surface area contributed by atoms with Crippen molar-refractivity contribution in [1.29, 1.82) is 0 Å². The van der Waals surface area contributed by atoms with Gasteiger partial charge in [-0.3, -0.25) is 0 Å². The number of fused-ring (bicyclic) bond motifs is 1. The first-order valence-electron chi connectivity index (χ1n) is 14.6. The van der Waals surface area contributed by atoms with E-state index < -0.39 is 13.7 Å². The molecule has 1 nitrogen and oxygen atoms in total. The number of pyridine rings is 1. The number of rotatable bonds is 3. The molecular weight excluding hydrogens is 422 g/mol. The molecule has 0 amide bonds. The van der Waals surface area contributed by atoms with Crippen LogP contribution in [0.25, 0.3) is 44.2 Å². The largest absolute Gasteiger partial charge is 0.207 e. The Kier molecular flexibility index (Phi) is 4.35. The molecule has 0 bridgehead atoms. The van der Waals surface area contributed by atoms with Crippen molar-refractivity contribution in [2.45, 2.75) is 27.6 Å². The van der Waals surface area contributed by atoms with Gasteiger partial charge in [-0.05, 0) is 102 Å². The van der Waals surface area contributed by atoms with Crippen molar-refractivity contribution >= 4 is 10.8 Å². The van der Waals surface area contributed by atoms with E-state index in [9.17, 15) is 0 Å². The molecule has 0 saturated carbocycles. The second-order valence-corrected chi connectivity index (χ2v) is 8.99. The molecule has 0 fully saturated rings. The second-order valence-electron chi connectivity index (χ2n) is 8.99. The van der Waals surface area contributed by atoms with Gasteiger partial charge < -0.3 is 0 Å². The van der Waals surface area contributed by atoms with E-state index in [0.717, 1.165) is 49.7 Å². The van der Waals surface area contributed by atoms with Crippen molar-refractivity contribution in [2.75, 3.05) is 0 Å². The Labute approximate surface area is 217 Å². The third-order valence-electron chi connectivity index (χ3n) is 6.12. The summed E-state index contributed by atoms with van der Waals surface area (Å²) in [5, 5.41) is 2.10. The first kappa shape index (κ1) is 16.5. The fraction of sp³-hybridized carbons (Fsp3) is 0.147. The molecule has 0 spiro atoms. The maximum absolute atomic E-state index is 8.22. The third-order valence-corrected chi connectivity index (χ3v) is 6.12. The Morgan fingerprint density at radius 2 is 1.29 bits per heavy atom. The van der Waals surface area contributed by atoms with Gasteiger partial charge in [-0.2, -0.15) is 0 Å². The molecule has 170 valence electrons. The summed E-state index contributed by atoms with van der Waals surface area (Å²) in [6.07, 6.45) is 4.06. The van der Waals surface area contributed by atoms with E-state index in [1.807, 2.05) is 85.5 Å². The molecular formula is C34H30N+. The smallest absolute Gasteiger partial charge is 0.177 e. The number of aryl methyl sites for hydroxylation is 4. The van der Waals surface area contributed by atoms with Crippen LogP contribution < -0.4 is 4.57 Å². The Balaban J connectivity index is 1.74. The summed E-state index contributed by atoms with van der Waals surface area (Å²) in [6.45, 7) is -0.874.